The fraction of sp³-hybridized carbons (Fsp3) is 0.115. The Morgan fingerprint density at radius 1 is 0.879 bits per heavy atom. The van der Waals surface area contributed by atoms with E-state index in [0.29, 0.717) is 11.3 Å². The Morgan fingerprint density at radius 3 is 2.12 bits per heavy atom. The van der Waals surface area contributed by atoms with Crippen LogP contribution < -0.4 is 10.6 Å². The van der Waals surface area contributed by atoms with Crippen LogP contribution in [-0.4, -0.2) is 22.6 Å². The van der Waals surface area contributed by atoms with Crippen molar-refractivity contribution in [1.29, 1.82) is 0 Å². The van der Waals surface area contributed by atoms with E-state index in [0.717, 1.165) is 16.0 Å². The molecule has 0 aromatic heterocycles. The number of halogens is 1. The van der Waals surface area contributed by atoms with Crippen LogP contribution in [0.1, 0.15) is 34.5 Å². The van der Waals surface area contributed by atoms with E-state index < -0.39 is 11.8 Å². The molecule has 166 valence electrons. The quantitative estimate of drug-likeness (QED) is 0.506. The average Bonchev–Trinajstić information content (AvgIpc) is 3.04. The van der Waals surface area contributed by atoms with Crippen LogP contribution in [0.3, 0.4) is 0 Å². The van der Waals surface area contributed by atoms with Crippen LogP contribution in [0.25, 0.3) is 0 Å². The highest BCUT2D eigenvalue weighted by Gasteiger charge is 2.37. The number of imide groups is 1. The molecule has 3 aromatic carbocycles. The summed E-state index contributed by atoms with van der Waals surface area (Å²) in [4.78, 5) is 39.0. The van der Waals surface area contributed by atoms with Crippen molar-refractivity contribution in [3.05, 3.63) is 112 Å². The van der Waals surface area contributed by atoms with E-state index in [9.17, 15) is 14.4 Å². The summed E-state index contributed by atoms with van der Waals surface area (Å²) >= 11 is 6.17. The zero-order valence-electron chi connectivity index (χ0n) is 17.9. The summed E-state index contributed by atoms with van der Waals surface area (Å²) in [6, 6.07) is 25.4. The van der Waals surface area contributed by atoms with Crippen molar-refractivity contribution in [3.63, 3.8) is 0 Å². The molecule has 1 aliphatic heterocycles. The molecular formula is C26H22ClN3O3. The minimum Gasteiger partial charge on any atom is -0.350 e. The first-order valence-corrected chi connectivity index (χ1v) is 10.8. The van der Waals surface area contributed by atoms with Crippen LogP contribution in [0.5, 0.6) is 0 Å². The van der Waals surface area contributed by atoms with Gasteiger partial charge in [-0.25, -0.2) is 0 Å². The lowest BCUT2D eigenvalue weighted by Crippen LogP contribution is -2.31. The lowest BCUT2D eigenvalue weighted by atomic mass is 10.1. The number of nitrogens with zero attached hydrogens (tertiary/aromatic N) is 1. The molecule has 4 rings (SSSR count). The van der Waals surface area contributed by atoms with Gasteiger partial charge in [0.25, 0.3) is 17.7 Å². The number of carbonyl (C=O) groups excluding carboxylic acids is 3. The van der Waals surface area contributed by atoms with Crippen molar-refractivity contribution in [1.82, 2.24) is 10.2 Å². The van der Waals surface area contributed by atoms with E-state index in [1.54, 1.807) is 24.3 Å². The zero-order valence-corrected chi connectivity index (χ0v) is 18.7. The highest BCUT2D eigenvalue weighted by Crippen LogP contribution is 2.27. The normalized spacial score (nSPS) is 14.4. The molecule has 0 bridgehead atoms. The predicted octanol–water partition coefficient (Wildman–Crippen LogP) is 4.61. The Morgan fingerprint density at radius 2 is 1.48 bits per heavy atom. The summed E-state index contributed by atoms with van der Waals surface area (Å²) in [6.07, 6.45) is 0. The van der Waals surface area contributed by atoms with Gasteiger partial charge in [-0.05, 0) is 42.3 Å². The highest BCUT2D eigenvalue weighted by atomic mass is 35.5. The van der Waals surface area contributed by atoms with E-state index in [4.69, 9.17) is 11.6 Å². The molecule has 1 atom stereocenters. The number of benzene rings is 3. The van der Waals surface area contributed by atoms with Crippen molar-refractivity contribution >= 4 is 35.0 Å². The maximum atomic E-state index is 12.8. The summed E-state index contributed by atoms with van der Waals surface area (Å²) in [5.41, 5.74) is 2.87. The van der Waals surface area contributed by atoms with E-state index >= 15 is 0 Å². The van der Waals surface area contributed by atoms with Gasteiger partial charge < -0.3 is 10.6 Å². The van der Waals surface area contributed by atoms with Gasteiger partial charge in [-0.15, -0.1) is 0 Å². The summed E-state index contributed by atoms with van der Waals surface area (Å²) in [5, 5.41) is 5.72. The fourth-order valence-electron chi connectivity index (χ4n) is 3.52. The van der Waals surface area contributed by atoms with Gasteiger partial charge in [0.1, 0.15) is 10.7 Å². The van der Waals surface area contributed by atoms with Gasteiger partial charge in [-0.1, -0.05) is 72.3 Å². The van der Waals surface area contributed by atoms with E-state index in [-0.39, 0.29) is 29.2 Å². The fourth-order valence-corrected chi connectivity index (χ4v) is 3.75. The van der Waals surface area contributed by atoms with Crippen LogP contribution in [0, 0.1) is 0 Å². The van der Waals surface area contributed by atoms with Gasteiger partial charge in [0, 0.05) is 11.3 Å². The molecule has 0 spiro atoms. The number of hydrogen-bond acceptors (Lipinski definition) is 4. The van der Waals surface area contributed by atoms with Crippen molar-refractivity contribution in [3.8, 4) is 0 Å². The van der Waals surface area contributed by atoms with Gasteiger partial charge in [-0.2, -0.15) is 0 Å². The average molecular weight is 460 g/mol. The molecule has 33 heavy (non-hydrogen) atoms. The third kappa shape index (κ3) is 4.96. The van der Waals surface area contributed by atoms with Crippen molar-refractivity contribution in [2.75, 3.05) is 5.32 Å². The Balaban J connectivity index is 1.41. The Kier molecular flexibility index (Phi) is 6.56. The molecule has 0 radical (unpaired) electrons. The topological polar surface area (TPSA) is 78.5 Å². The molecule has 3 aromatic rings. The number of anilines is 1. The smallest absolute Gasteiger partial charge is 0.279 e. The maximum Gasteiger partial charge on any atom is 0.279 e. The third-order valence-electron chi connectivity index (χ3n) is 5.36. The molecule has 0 unspecified atom stereocenters. The molecule has 1 heterocycles. The minimum atomic E-state index is -0.543. The first-order chi connectivity index (χ1) is 15.9. The SMILES string of the molecule is C[C@@H](NC(=O)c1ccc(NC2=C(Cl)C(=O)N(Cc3ccccc3)C2=O)cc1)c1ccccc1. The Bertz CT molecular complexity index is 1210. The molecule has 0 saturated carbocycles. The van der Waals surface area contributed by atoms with Gasteiger partial charge in [-0.3, -0.25) is 19.3 Å². The lowest BCUT2D eigenvalue weighted by molar-refractivity contribution is -0.138. The highest BCUT2D eigenvalue weighted by molar-refractivity contribution is 6.48. The van der Waals surface area contributed by atoms with Crippen LogP contribution in [0.15, 0.2) is 95.7 Å². The number of hydrogen-bond donors (Lipinski definition) is 2. The van der Waals surface area contributed by atoms with Crippen LogP contribution in [-0.2, 0) is 16.1 Å². The summed E-state index contributed by atoms with van der Waals surface area (Å²) in [5.74, 6) is -1.25. The standard InChI is InChI=1S/C26H22ClN3O3/c1-17(19-10-6-3-7-11-19)28-24(31)20-12-14-21(15-13-20)29-23-22(27)25(32)30(26(23)33)16-18-8-4-2-5-9-18/h2-15,17,29H,16H2,1H3,(H,28,31)/t17-/m1/s1. The second kappa shape index (κ2) is 9.71. The first kappa shape index (κ1) is 22.3. The minimum absolute atomic E-state index is 0.0208. The largest absolute Gasteiger partial charge is 0.350 e. The molecule has 0 aliphatic carbocycles. The van der Waals surface area contributed by atoms with Crippen molar-refractivity contribution in [2.24, 2.45) is 0 Å². The van der Waals surface area contributed by atoms with Crippen LogP contribution in [0.4, 0.5) is 5.69 Å². The monoisotopic (exact) mass is 459 g/mol. The van der Waals surface area contributed by atoms with Gasteiger partial charge >= 0.3 is 0 Å². The van der Waals surface area contributed by atoms with E-state index in [1.165, 1.54) is 0 Å². The predicted molar refractivity (Wildman–Crippen MR) is 127 cm³/mol. The zero-order chi connectivity index (χ0) is 23.4. The molecule has 0 fully saturated rings. The molecule has 7 heteroatoms. The molecule has 3 amide bonds. The number of amides is 3. The second-order valence-electron chi connectivity index (χ2n) is 7.68. The summed E-state index contributed by atoms with van der Waals surface area (Å²) in [7, 11) is 0. The van der Waals surface area contributed by atoms with Crippen LogP contribution in [0.2, 0.25) is 0 Å². The molecule has 2 N–H and O–H groups in total. The van der Waals surface area contributed by atoms with Crippen molar-refractivity contribution in [2.45, 2.75) is 19.5 Å². The molecular weight excluding hydrogens is 438 g/mol. The van der Waals surface area contributed by atoms with Gasteiger partial charge in [0.15, 0.2) is 0 Å². The third-order valence-corrected chi connectivity index (χ3v) is 5.71. The maximum absolute atomic E-state index is 12.8. The number of rotatable bonds is 7. The Hall–Kier alpha value is -3.90. The van der Waals surface area contributed by atoms with Gasteiger partial charge in [0.05, 0.1) is 12.6 Å². The first-order valence-electron chi connectivity index (χ1n) is 10.5. The molecule has 6 nitrogen and oxygen atoms in total. The number of nitrogens with one attached hydrogen (secondary N) is 2. The number of carbonyl (C=O) groups is 3. The van der Waals surface area contributed by atoms with Gasteiger partial charge in [0.2, 0.25) is 0 Å². The molecule has 0 saturated heterocycles. The van der Waals surface area contributed by atoms with E-state index in [1.807, 2.05) is 67.6 Å². The lowest BCUT2D eigenvalue weighted by Gasteiger charge is -2.15. The second-order valence-corrected chi connectivity index (χ2v) is 8.06. The van der Waals surface area contributed by atoms with Crippen molar-refractivity contribution < 1.29 is 14.4 Å². The summed E-state index contributed by atoms with van der Waals surface area (Å²) < 4.78 is 0. The molecule has 1 aliphatic rings. The van der Waals surface area contributed by atoms with E-state index in [2.05, 4.69) is 10.6 Å². The Labute approximate surface area is 196 Å². The summed E-state index contributed by atoms with van der Waals surface area (Å²) in [6.45, 7) is 2.06. The van der Waals surface area contributed by atoms with Crippen LogP contribution >= 0.6 is 11.6 Å².